The van der Waals surface area contributed by atoms with Crippen molar-refractivity contribution in [3.05, 3.63) is 0 Å². The fraction of sp³-hybridized carbons (Fsp3) is 0.936. The Labute approximate surface area is 331 Å². The van der Waals surface area contributed by atoms with Gasteiger partial charge in [-0.05, 0) is 19.3 Å². The first-order chi connectivity index (χ1) is 25.8. The molecule has 0 atom stereocenters. The summed E-state index contributed by atoms with van der Waals surface area (Å²) in [5, 5.41) is 16.9. The average molecular weight is 755 g/mol. The molecule has 0 aliphatic heterocycles. The minimum absolute atomic E-state index is 0.0666. The van der Waals surface area contributed by atoms with Gasteiger partial charge in [0, 0.05) is 19.3 Å². The summed E-state index contributed by atoms with van der Waals surface area (Å²) in [7, 11) is 1.46. The monoisotopic (exact) mass is 755 g/mol. The van der Waals surface area contributed by atoms with Crippen molar-refractivity contribution in [3.8, 4) is 0 Å². The molecule has 0 fully saturated rings. The lowest BCUT2D eigenvalue weighted by Gasteiger charge is -2.03. The summed E-state index contributed by atoms with van der Waals surface area (Å²) in [6, 6.07) is 0. The van der Waals surface area contributed by atoms with Crippen LogP contribution < -0.4 is 0 Å². The number of hydrogen-bond donors (Lipinski definition) is 2. The van der Waals surface area contributed by atoms with Crippen LogP contribution in [0.2, 0.25) is 0 Å². The molecule has 0 spiro atoms. The van der Waals surface area contributed by atoms with E-state index in [1.54, 1.807) is 0 Å². The highest BCUT2D eigenvalue weighted by Gasteiger charge is 2.00. The number of carboxylic acid groups (broad SMARTS) is 2. The van der Waals surface area contributed by atoms with Gasteiger partial charge < -0.3 is 14.9 Å². The number of carbonyl (C=O) groups excluding carboxylic acids is 1. The van der Waals surface area contributed by atoms with Crippen LogP contribution in [0, 0.1) is 0 Å². The molecule has 6 nitrogen and oxygen atoms in total. The molecule has 0 heterocycles. The van der Waals surface area contributed by atoms with E-state index in [9.17, 15) is 14.4 Å². The molecule has 0 aliphatic carbocycles. The third-order valence-corrected chi connectivity index (χ3v) is 10.2. The molecule has 0 bridgehead atoms. The number of hydrogen-bond acceptors (Lipinski definition) is 4. The Balaban J connectivity index is -0.000000710. The number of aliphatic carboxylic acids is 2. The van der Waals surface area contributed by atoms with Crippen LogP contribution in [0.15, 0.2) is 0 Å². The summed E-state index contributed by atoms with van der Waals surface area (Å²) < 4.78 is 4.62. The van der Waals surface area contributed by atoms with E-state index in [0.717, 1.165) is 32.1 Å². The summed E-state index contributed by atoms with van der Waals surface area (Å²) >= 11 is 0. The quantitative estimate of drug-likeness (QED) is 0.0477. The molecule has 0 rings (SSSR count). The predicted molar refractivity (Wildman–Crippen MR) is 229 cm³/mol. The van der Waals surface area contributed by atoms with Gasteiger partial charge in [-0.2, -0.15) is 0 Å². The highest BCUT2D eigenvalue weighted by molar-refractivity contribution is 5.69. The van der Waals surface area contributed by atoms with E-state index in [-0.39, 0.29) is 5.97 Å². The lowest BCUT2D eigenvalue weighted by Crippen LogP contribution is -1.99. The van der Waals surface area contributed by atoms with Crippen molar-refractivity contribution in [2.45, 2.75) is 278 Å². The number of ether oxygens (including phenoxy) is 1. The fourth-order valence-electron chi connectivity index (χ4n) is 6.62. The second-order valence-corrected chi connectivity index (χ2v) is 15.6. The Morgan fingerprint density at radius 3 is 0.642 bits per heavy atom. The second-order valence-electron chi connectivity index (χ2n) is 15.6. The van der Waals surface area contributed by atoms with Gasteiger partial charge in [0.25, 0.3) is 0 Å². The molecule has 318 valence electrons. The molecule has 0 saturated heterocycles. The number of methoxy groups -OCH3 is 1. The van der Waals surface area contributed by atoms with Gasteiger partial charge in [0.1, 0.15) is 0 Å². The van der Waals surface area contributed by atoms with Gasteiger partial charge in [-0.1, -0.05) is 239 Å². The molecular formula is C47H94O6. The number of unbranched alkanes of at least 4 members (excludes halogenated alkanes) is 34. The topological polar surface area (TPSA) is 101 Å². The highest BCUT2D eigenvalue weighted by atomic mass is 16.5. The maximum absolute atomic E-state index is 10.9. The fourth-order valence-corrected chi connectivity index (χ4v) is 6.62. The van der Waals surface area contributed by atoms with Gasteiger partial charge in [0.2, 0.25) is 0 Å². The summed E-state index contributed by atoms with van der Waals surface area (Å²) in [5.74, 6) is -1.38. The molecule has 0 amide bonds. The van der Waals surface area contributed by atoms with Gasteiger partial charge in [0.05, 0.1) is 7.11 Å². The molecule has 2 N–H and O–H groups in total. The maximum Gasteiger partial charge on any atom is 0.305 e. The minimum atomic E-state index is -0.657. The SMILES string of the molecule is CCCCCCCCCCCCCC(=O)O.CCCCCCCCCCCCCCCC(=O)O.CCCCCCCCCCCCCCCC(=O)OC. The van der Waals surface area contributed by atoms with E-state index in [4.69, 9.17) is 10.2 Å². The molecule has 0 aromatic rings. The highest BCUT2D eigenvalue weighted by Crippen LogP contribution is 2.15. The van der Waals surface area contributed by atoms with Crippen LogP contribution in [-0.4, -0.2) is 35.2 Å². The van der Waals surface area contributed by atoms with E-state index >= 15 is 0 Å². The normalized spacial score (nSPS) is 10.6. The van der Waals surface area contributed by atoms with Gasteiger partial charge >= 0.3 is 17.9 Å². The van der Waals surface area contributed by atoms with E-state index in [0.29, 0.717) is 19.3 Å². The van der Waals surface area contributed by atoms with Crippen molar-refractivity contribution in [2.24, 2.45) is 0 Å². The first kappa shape index (κ1) is 55.7. The van der Waals surface area contributed by atoms with Crippen LogP contribution in [0.4, 0.5) is 0 Å². The molecule has 0 aromatic carbocycles. The summed E-state index contributed by atoms with van der Waals surface area (Å²) in [5.41, 5.74) is 0. The Bertz CT molecular complexity index is 709. The third-order valence-electron chi connectivity index (χ3n) is 10.2. The number of esters is 1. The van der Waals surface area contributed by atoms with Crippen LogP contribution in [0.25, 0.3) is 0 Å². The van der Waals surface area contributed by atoms with Crippen molar-refractivity contribution in [3.63, 3.8) is 0 Å². The molecule has 53 heavy (non-hydrogen) atoms. The Kier molecular flexibility index (Phi) is 55.2. The van der Waals surface area contributed by atoms with E-state index in [1.165, 1.54) is 213 Å². The van der Waals surface area contributed by atoms with Gasteiger partial charge in [-0.25, -0.2) is 0 Å². The lowest BCUT2D eigenvalue weighted by molar-refractivity contribution is -0.141. The summed E-state index contributed by atoms with van der Waals surface area (Å²) in [6.45, 7) is 6.78. The minimum Gasteiger partial charge on any atom is -0.481 e. The van der Waals surface area contributed by atoms with Gasteiger partial charge in [-0.3, -0.25) is 14.4 Å². The van der Waals surface area contributed by atoms with E-state index in [1.807, 2.05) is 0 Å². The van der Waals surface area contributed by atoms with Crippen molar-refractivity contribution in [1.82, 2.24) is 0 Å². The zero-order valence-corrected chi connectivity index (χ0v) is 36.3. The molecule has 0 aromatic heterocycles. The number of carboxylic acids is 2. The number of rotatable bonds is 40. The van der Waals surface area contributed by atoms with Crippen LogP contribution in [-0.2, 0) is 19.1 Å². The van der Waals surface area contributed by atoms with Crippen LogP contribution in [0.1, 0.15) is 278 Å². The molecule has 0 unspecified atom stereocenters. The molecular weight excluding hydrogens is 661 g/mol. The smallest absolute Gasteiger partial charge is 0.305 e. The van der Waals surface area contributed by atoms with Crippen molar-refractivity contribution in [1.29, 1.82) is 0 Å². The Morgan fingerprint density at radius 2 is 0.472 bits per heavy atom. The predicted octanol–water partition coefficient (Wildman–Crippen LogP) is 16.0. The first-order valence-corrected chi connectivity index (χ1v) is 23.4. The van der Waals surface area contributed by atoms with E-state index < -0.39 is 11.9 Å². The van der Waals surface area contributed by atoms with Crippen LogP contribution in [0.3, 0.4) is 0 Å². The van der Waals surface area contributed by atoms with Crippen molar-refractivity contribution < 1.29 is 29.3 Å². The number of carbonyl (C=O) groups is 3. The summed E-state index contributed by atoms with van der Waals surface area (Å²) in [4.78, 5) is 31.5. The second kappa shape index (κ2) is 52.5. The third kappa shape index (κ3) is 62.7. The van der Waals surface area contributed by atoms with Gasteiger partial charge in [-0.15, -0.1) is 0 Å². The zero-order valence-electron chi connectivity index (χ0n) is 36.3. The first-order valence-electron chi connectivity index (χ1n) is 23.4. The van der Waals surface area contributed by atoms with Crippen molar-refractivity contribution in [2.75, 3.05) is 7.11 Å². The molecule has 6 heteroatoms. The molecule has 0 aliphatic rings. The standard InChI is InChI=1S/C17H34O2.C16H32O2.C14H28O2/c1-3-4-5-6-7-8-9-10-11-12-13-14-15-16-17(18)19-2;1-2-3-4-5-6-7-8-9-10-11-12-13-14-15-16(17)18;1-2-3-4-5-6-7-8-9-10-11-12-13-14(15)16/h3-16H2,1-2H3;2-15H2,1H3,(H,17,18);2-13H2,1H3,(H,15,16). The molecule has 0 radical (unpaired) electrons. The largest absolute Gasteiger partial charge is 0.481 e. The Hall–Kier alpha value is -1.59. The van der Waals surface area contributed by atoms with Crippen LogP contribution in [0.5, 0.6) is 0 Å². The van der Waals surface area contributed by atoms with Crippen LogP contribution >= 0.6 is 0 Å². The maximum atomic E-state index is 10.9. The zero-order chi connectivity index (χ0) is 39.7. The van der Waals surface area contributed by atoms with E-state index in [2.05, 4.69) is 25.5 Å². The molecule has 0 saturated carbocycles. The Morgan fingerprint density at radius 1 is 0.302 bits per heavy atom. The van der Waals surface area contributed by atoms with Gasteiger partial charge in [0.15, 0.2) is 0 Å². The van der Waals surface area contributed by atoms with Crippen molar-refractivity contribution >= 4 is 17.9 Å². The average Bonchev–Trinajstić information content (AvgIpc) is 3.14. The lowest BCUT2D eigenvalue weighted by atomic mass is 10.0. The summed E-state index contributed by atoms with van der Waals surface area (Å²) in [6.07, 6.45) is 49.6.